The Bertz CT molecular complexity index is 415. The van der Waals surface area contributed by atoms with E-state index in [1.165, 1.54) is 0 Å². The highest BCUT2D eigenvalue weighted by Gasteiger charge is 2.34. The molecule has 0 saturated carbocycles. The maximum atomic E-state index is 12.2. The van der Waals surface area contributed by atoms with Gasteiger partial charge in [-0.15, -0.1) is 0 Å². The van der Waals surface area contributed by atoms with Crippen molar-refractivity contribution in [1.82, 2.24) is 4.90 Å². The van der Waals surface area contributed by atoms with Gasteiger partial charge in [0.1, 0.15) is 0 Å². The lowest BCUT2D eigenvalue weighted by atomic mass is 9.99. The Balaban J connectivity index is -0.000000243. The van der Waals surface area contributed by atoms with Gasteiger partial charge in [0, 0.05) is 25.8 Å². The molecule has 0 aliphatic carbocycles. The van der Waals surface area contributed by atoms with Crippen LogP contribution < -0.4 is 5.73 Å². The Labute approximate surface area is 179 Å². The fourth-order valence-electron chi connectivity index (χ4n) is 2.58. The van der Waals surface area contributed by atoms with Crippen molar-refractivity contribution in [2.24, 2.45) is 17.6 Å². The molecule has 6 heteroatoms. The number of carbonyl (C=O) groups is 2. The van der Waals surface area contributed by atoms with Crippen LogP contribution in [-0.4, -0.2) is 46.4 Å². The fourth-order valence-corrected chi connectivity index (χ4v) is 2.58. The molecule has 4 atom stereocenters. The minimum atomic E-state index is -0.361. The number of hydrogen-bond donors (Lipinski definition) is 2. The zero-order valence-corrected chi connectivity index (χ0v) is 21.3. The zero-order chi connectivity index (χ0) is 21.6. The van der Waals surface area contributed by atoms with Crippen LogP contribution in [0.5, 0.6) is 0 Å². The lowest BCUT2D eigenvalue weighted by molar-refractivity contribution is -0.138. The van der Waals surface area contributed by atoms with Crippen molar-refractivity contribution in [1.29, 1.82) is 0 Å². The van der Waals surface area contributed by atoms with Crippen LogP contribution in [0.3, 0.4) is 0 Å². The lowest BCUT2D eigenvalue weighted by Gasteiger charge is -2.25. The summed E-state index contributed by atoms with van der Waals surface area (Å²) in [7, 11) is 0. The summed E-state index contributed by atoms with van der Waals surface area (Å²) in [6, 6.07) is -0.144. The van der Waals surface area contributed by atoms with Gasteiger partial charge in [-0.3, -0.25) is 9.59 Å². The third-order valence-electron chi connectivity index (χ3n) is 5.19. The summed E-state index contributed by atoms with van der Waals surface area (Å²) >= 11 is 0. The SMILES string of the molecule is CC.CCC(C)(N)CO.CCC(C)CCC(=O)N1CCCC1C(=O)C(C)C.P.[HH]. The Morgan fingerprint density at radius 1 is 1.25 bits per heavy atom. The van der Waals surface area contributed by atoms with Gasteiger partial charge >= 0.3 is 0 Å². The number of aliphatic hydroxyl groups is 1. The summed E-state index contributed by atoms with van der Waals surface area (Å²) in [6.45, 7) is 16.8. The van der Waals surface area contributed by atoms with Gasteiger partial charge in [0.05, 0.1) is 12.6 Å². The summed E-state index contributed by atoms with van der Waals surface area (Å²) in [6.07, 6.45) is 5.29. The largest absolute Gasteiger partial charge is 0.394 e. The highest BCUT2D eigenvalue weighted by molar-refractivity contribution is 6.92. The number of likely N-dealkylation sites (tertiary alicyclic amines) is 1. The summed E-state index contributed by atoms with van der Waals surface area (Å²) in [5.74, 6) is 1.02. The van der Waals surface area contributed by atoms with E-state index in [-0.39, 0.29) is 47.1 Å². The van der Waals surface area contributed by atoms with E-state index in [0.717, 1.165) is 38.6 Å². The smallest absolute Gasteiger partial charge is 0.223 e. The molecule has 0 bridgehead atoms. The van der Waals surface area contributed by atoms with Crippen molar-refractivity contribution in [2.45, 2.75) is 105 Å². The lowest BCUT2D eigenvalue weighted by Crippen LogP contribution is -2.42. The number of Topliss-reactive ketones (excluding diaryl/α,β-unsaturated/α-hetero) is 1. The van der Waals surface area contributed by atoms with E-state index in [1.807, 2.05) is 46.4 Å². The second-order valence-corrected chi connectivity index (χ2v) is 8.02. The molecule has 5 nitrogen and oxygen atoms in total. The molecule has 0 aromatic carbocycles. The van der Waals surface area contributed by atoms with Gasteiger partial charge < -0.3 is 15.7 Å². The molecule has 0 aromatic heterocycles. The Hall–Kier alpha value is -0.510. The molecule has 0 aromatic rings. The second-order valence-electron chi connectivity index (χ2n) is 8.02. The predicted octanol–water partition coefficient (Wildman–Crippen LogP) is 4.47. The molecule has 1 heterocycles. The molecule has 4 unspecified atom stereocenters. The first-order valence-electron chi connectivity index (χ1n) is 10.8. The fraction of sp³-hybridized carbons (Fsp3) is 0.909. The van der Waals surface area contributed by atoms with Crippen LogP contribution in [0.2, 0.25) is 0 Å². The molecule has 0 spiro atoms. The maximum Gasteiger partial charge on any atom is 0.223 e. The van der Waals surface area contributed by atoms with E-state index < -0.39 is 0 Å². The monoisotopic (exact) mass is 422 g/mol. The summed E-state index contributed by atoms with van der Waals surface area (Å²) in [5, 5.41) is 8.47. The molecule has 3 N–H and O–H groups in total. The number of nitrogens with zero attached hydrogens (tertiary/aromatic N) is 1. The highest BCUT2D eigenvalue weighted by Crippen LogP contribution is 2.23. The molecule has 1 saturated heterocycles. The zero-order valence-electron chi connectivity index (χ0n) is 19.9. The molecular formula is C22H51N2O3P. The van der Waals surface area contributed by atoms with Gasteiger partial charge in [-0.25, -0.2) is 0 Å². The highest BCUT2D eigenvalue weighted by atomic mass is 31.0. The normalized spacial score (nSPS) is 18.7. The van der Waals surface area contributed by atoms with Crippen molar-refractivity contribution in [2.75, 3.05) is 13.2 Å². The number of aliphatic hydroxyl groups excluding tert-OH is 1. The number of carbonyl (C=O) groups excluding carboxylic acids is 2. The third kappa shape index (κ3) is 12.9. The molecule has 28 heavy (non-hydrogen) atoms. The predicted molar refractivity (Wildman–Crippen MR) is 128 cm³/mol. The third-order valence-corrected chi connectivity index (χ3v) is 5.19. The quantitative estimate of drug-likeness (QED) is 0.566. The standard InChI is InChI=1S/C15H27NO2.C5H13NO.C2H6.H3P.H2/c1-5-12(4)8-9-14(17)16-10-6-7-13(16)15(18)11(2)3;1-3-5(2,6)4-7;1-2;;/h11-13H,5-10H2,1-4H3;7H,3-4,6H2,1-2H3;1-2H3;1H3;1H. The average Bonchev–Trinajstić information content (AvgIpc) is 3.16. The van der Waals surface area contributed by atoms with Crippen molar-refractivity contribution in [3.8, 4) is 0 Å². The Morgan fingerprint density at radius 2 is 1.79 bits per heavy atom. The summed E-state index contributed by atoms with van der Waals surface area (Å²) in [5.41, 5.74) is 5.10. The first-order valence-corrected chi connectivity index (χ1v) is 10.8. The van der Waals surface area contributed by atoms with Crippen LogP contribution in [0.15, 0.2) is 0 Å². The molecule has 0 radical (unpaired) electrons. The van der Waals surface area contributed by atoms with Crippen LogP contribution in [-0.2, 0) is 9.59 Å². The van der Waals surface area contributed by atoms with E-state index in [1.54, 1.807) is 0 Å². The molecule has 1 aliphatic rings. The van der Waals surface area contributed by atoms with Gasteiger partial charge in [0.25, 0.3) is 0 Å². The minimum absolute atomic E-state index is 0. The topological polar surface area (TPSA) is 83.6 Å². The van der Waals surface area contributed by atoms with Crippen LogP contribution in [0.1, 0.15) is 95.3 Å². The maximum absolute atomic E-state index is 12.2. The number of nitrogens with two attached hydrogens (primary N) is 1. The van der Waals surface area contributed by atoms with E-state index in [0.29, 0.717) is 12.3 Å². The number of ketones is 1. The molecule has 1 fully saturated rings. The van der Waals surface area contributed by atoms with Crippen molar-refractivity contribution >= 4 is 21.6 Å². The van der Waals surface area contributed by atoms with Crippen LogP contribution in [0.4, 0.5) is 0 Å². The van der Waals surface area contributed by atoms with Crippen LogP contribution >= 0.6 is 9.90 Å². The number of hydrogen-bond acceptors (Lipinski definition) is 4. The number of amides is 1. The van der Waals surface area contributed by atoms with Crippen LogP contribution in [0.25, 0.3) is 0 Å². The average molecular weight is 423 g/mol. The van der Waals surface area contributed by atoms with E-state index >= 15 is 0 Å². The van der Waals surface area contributed by atoms with Gasteiger partial charge in [-0.2, -0.15) is 9.90 Å². The Morgan fingerprint density at radius 3 is 2.14 bits per heavy atom. The van der Waals surface area contributed by atoms with Gasteiger partial charge in [-0.1, -0.05) is 54.9 Å². The molecule has 172 valence electrons. The molecular weight excluding hydrogens is 371 g/mol. The van der Waals surface area contributed by atoms with Gasteiger partial charge in [-0.05, 0) is 38.5 Å². The van der Waals surface area contributed by atoms with E-state index in [4.69, 9.17) is 10.8 Å². The summed E-state index contributed by atoms with van der Waals surface area (Å²) < 4.78 is 0. The van der Waals surface area contributed by atoms with Crippen LogP contribution in [0, 0.1) is 11.8 Å². The van der Waals surface area contributed by atoms with Crippen molar-refractivity contribution in [3.05, 3.63) is 0 Å². The van der Waals surface area contributed by atoms with E-state index in [9.17, 15) is 9.59 Å². The minimum Gasteiger partial charge on any atom is -0.394 e. The molecule has 1 rings (SSSR count). The van der Waals surface area contributed by atoms with Gasteiger partial charge in [0.15, 0.2) is 5.78 Å². The van der Waals surface area contributed by atoms with Gasteiger partial charge in [0.2, 0.25) is 5.91 Å². The van der Waals surface area contributed by atoms with Crippen molar-refractivity contribution in [3.63, 3.8) is 0 Å². The first kappa shape index (κ1) is 32.2. The summed E-state index contributed by atoms with van der Waals surface area (Å²) in [4.78, 5) is 26.1. The molecule has 1 aliphatic heterocycles. The second kappa shape index (κ2) is 17.4. The Kier molecular flexibility index (Phi) is 19.9. The van der Waals surface area contributed by atoms with Crippen molar-refractivity contribution < 1.29 is 16.1 Å². The first-order chi connectivity index (χ1) is 12.6. The molecule has 1 amide bonds. The number of rotatable bonds is 8. The van der Waals surface area contributed by atoms with E-state index in [2.05, 4.69) is 13.8 Å².